The molecule has 0 aromatic rings. The summed E-state index contributed by atoms with van der Waals surface area (Å²) in [6.07, 6.45) is 3.14. The van der Waals surface area contributed by atoms with Crippen molar-refractivity contribution in [2.45, 2.75) is 38.6 Å². The first-order chi connectivity index (χ1) is 9.01. The van der Waals surface area contributed by atoms with Gasteiger partial charge in [-0.3, -0.25) is 14.5 Å². The number of hydrogen-bond acceptors (Lipinski definition) is 4. The van der Waals surface area contributed by atoms with Gasteiger partial charge in [0.2, 0.25) is 11.8 Å². The number of amides is 2. The topological polar surface area (TPSA) is 101 Å². The molecular weight excluding hydrogens is 244 g/mol. The van der Waals surface area contributed by atoms with Crippen molar-refractivity contribution in [3.63, 3.8) is 0 Å². The minimum atomic E-state index is -0.293. The number of piperidine rings is 1. The zero-order valence-electron chi connectivity index (χ0n) is 11.7. The quantitative estimate of drug-likeness (QED) is 0.576. The van der Waals surface area contributed by atoms with Gasteiger partial charge in [0.1, 0.15) is 0 Å². The third kappa shape index (κ3) is 6.54. The zero-order valence-corrected chi connectivity index (χ0v) is 11.7. The van der Waals surface area contributed by atoms with E-state index in [1.165, 1.54) is 0 Å². The average Bonchev–Trinajstić information content (AvgIpc) is 2.37. The highest BCUT2D eigenvalue weighted by Crippen LogP contribution is 2.11. The summed E-state index contributed by atoms with van der Waals surface area (Å²) in [7, 11) is 0. The van der Waals surface area contributed by atoms with Gasteiger partial charge in [-0.25, -0.2) is 0 Å². The van der Waals surface area contributed by atoms with Gasteiger partial charge in [-0.1, -0.05) is 6.92 Å². The molecule has 1 unspecified atom stereocenters. The van der Waals surface area contributed by atoms with Crippen molar-refractivity contribution in [1.82, 2.24) is 10.2 Å². The van der Waals surface area contributed by atoms with Crippen LogP contribution in [0, 0.1) is 5.92 Å². The van der Waals surface area contributed by atoms with Crippen LogP contribution in [-0.2, 0) is 9.59 Å². The normalized spacial score (nSPS) is 19.1. The molecule has 1 aliphatic heterocycles. The predicted octanol–water partition coefficient (Wildman–Crippen LogP) is -0.573. The number of nitrogens with zero attached hydrogens (tertiary/aromatic N) is 1. The summed E-state index contributed by atoms with van der Waals surface area (Å²) < 4.78 is 0. The van der Waals surface area contributed by atoms with Crippen molar-refractivity contribution in [1.29, 1.82) is 0 Å². The number of hydrogen-bond donors (Lipinski definition) is 3. The van der Waals surface area contributed by atoms with E-state index in [1.807, 2.05) is 4.90 Å². The summed E-state index contributed by atoms with van der Waals surface area (Å²) in [6.45, 7) is 4.61. The summed E-state index contributed by atoms with van der Waals surface area (Å²) in [5, 5.41) is 3.05. The van der Waals surface area contributed by atoms with Crippen molar-refractivity contribution in [2.75, 3.05) is 26.2 Å². The summed E-state index contributed by atoms with van der Waals surface area (Å²) in [6, 6.07) is 0.227. The lowest BCUT2D eigenvalue weighted by Gasteiger charge is -2.31. The Morgan fingerprint density at radius 1 is 1.37 bits per heavy atom. The predicted molar refractivity (Wildman–Crippen MR) is 74.3 cm³/mol. The fraction of sp³-hybridized carbons (Fsp3) is 0.846. The molecule has 0 spiro atoms. The first-order valence-corrected chi connectivity index (χ1v) is 7.01. The van der Waals surface area contributed by atoms with Crippen LogP contribution in [0.2, 0.25) is 0 Å². The van der Waals surface area contributed by atoms with Crippen LogP contribution in [0.1, 0.15) is 32.6 Å². The second-order valence-electron chi connectivity index (χ2n) is 5.46. The van der Waals surface area contributed by atoms with Crippen molar-refractivity contribution >= 4 is 11.8 Å². The molecule has 1 heterocycles. The largest absolute Gasteiger partial charge is 0.369 e. The van der Waals surface area contributed by atoms with Gasteiger partial charge >= 0.3 is 0 Å². The molecule has 6 nitrogen and oxygen atoms in total. The van der Waals surface area contributed by atoms with Crippen molar-refractivity contribution in [3.8, 4) is 0 Å². The van der Waals surface area contributed by atoms with E-state index in [4.69, 9.17) is 11.5 Å². The number of nitrogens with one attached hydrogen (secondary N) is 1. The Balaban J connectivity index is 2.18. The molecule has 0 bridgehead atoms. The Morgan fingerprint density at radius 2 is 2.00 bits per heavy atom. The highest BCUT2D eigenvalue weighted by molar-refractivity contribution is 5.76. The lowest BCUT2D eigenvalue weighted by Crippen LogP contribution is -2.46. The number of carbonyl (C=O) groups is 2. The molecule has 0 saturated carbocycles. The Morgan fingerprint density at radius 3 is 2.53 bits per heavy atom. The zero-order chi connectivity index (χ0) is 14.3. The minimum Gasteiger partial charge on any atom is -0.369 e. The first-order valence-electron chi connectivity index (χ1n) is 7.01. The summed E-state index contributed by atoms with van der Waals surface area (Å²) in [4.78, 5) is 24.6. The standard InChI is InChI=1S/C13H26N4O2/c1-10(8-14)2-3-13(19)16-11-4-6-17(7-5-11)9-12(15)18/h10-11H,2-9,14H2,1H3,(H2,15,18)(H,16,19). The second kappa shape index (κ2) is 8.12. The number of carbonyl (C=O) groups excluding carboxylic acids is 2. The van der Waals surface area contributed by atoms with Crippen LogP contribution in [0.5, 0.6) is 0 Å². The van der Waals surface area contributed by atoms with Gasteiger partial charge in [-0.05, 0) is 31.7 Å². The molecule has 1 aliphatic rings. The number of primary amides is 1. The van der Waals surface area contributed by atoms with Gasteiger partial charge in [-0.2, -0.15) is 0 Å². The third-order valence-electron chi connectivity index (χ3n) is 3.60. The van der Waals surface area contributed by atoms with Gasteiger partial charge in [0.05, 0.1) is 6.54 Å². The van der Waals surface area contributed by atoms with Crippen LogP contribution in [0.15, 0.2) is 0 Å². The fourth-order valence-corrected chi connectivity index (χ4v) is 2.25. The fourth-order valence-electron chi connectivity index (χ4n) is 2.25. The summed E-state index contributed by atoms with van der Waals surface area (Å²) in [5.41, 5.74) is 10.7. The molecule has 2 amide bonds. The molecule has 0 aromatic heterocycles. The smallest absolute Gasteiger partial charge is 0.231 e. The van der Waals surface area contributed by atoms with Crippen LogP contribution < -0.4 is 16.8 Å². The Bertz CT molecular complexity index is 301. The van der Waals surface area contributed by atoms with E-state index < -0.39 is 0 Å². The maximum Gasteiger partial charge on any atom is 0.231 e. The molecule has 1 fully saturated rings. The van der Waals surface area contributed by atoms with Crippen LogP contribution in [-0.4, -0.2) is 48.9 Å². The van der Waals surface area contributed by atoms with Crippen molar-refractivity contribution in [3.05, 3.63) is 0 Å². The lowest BCUT2D eigenvalue weighted by atomic mass is 10.0. The summed E-state index contributed by atoms with van der Waals surface area (Å²) >= 11 is 0. The third-order valence-corrected chi connectivity index (χ3v) is 3.60. The van der Waals surface area contributed by atoms with E-state index in [9.17, 15) is 9.59 Å². The SMILES string of the molecule is CC(CN)CCC(=O)NC1CCN(CC(N)=O)CC1. The van der Waals surface area contributed by atoms with Crippen molar-refractivity contribution < 1.29 is 9.59 Å². The Labute approximate surface area is 114 Å². The Kier molecular flexibility index (Phi) is 6.80. The molecule has 5 N–H and O–H groups in total. The highest BCUT2D eigenvalue weighted by atomic mass is 16.2. The Hall–Kier alpha value is -1.14. The van der Waals surface area contributed by atoms with Crippen LogP contribution in [0.25, 0.3) is 0 Å². The van der Waals surface area contributed by atoms with E-state index >= 15 is 0 Å². The average molecular weight is 270 g/mol. The second-order valence-corrected chi connectivity index (χ2v) is 5.46. The van der Waals surface area contributed by atoms with Gasteiger partial charge in [0.25, 0.3) is 0 Å². The van der Waals surface area contributed by atoms with E-state index in [-0.39, 0.29) is 17.9 Å². The summed E-state index contributed by atoms with van der Waals surface area (Å²) in [5.74, 6) is 0.204. The lowest BCUT2D eigenvalue weighted by molar-refractivity contribution is -0.123. The van der Waals surface area contributed by atoms with Gasteiger partial charge in [0.15, 0.2) is 0 Å². The highest BCUT2D eigenvalue weighted by Gasteiger charge is 2.21. The number of rotatable bonds is 7. The molecule has 110 valence electrons. The molecule has 19 heavy (non-hydrogen) atoms. The number of nitrogens with two attached hydrogens (primary N) is 2. The van der Waals surface area contributed by atoms with E-state index in [2.05, 4.69) is 12.2 Å². The van der Waals surface area contributed by atoms with E-state index in [0.717, 1.165) is 32.4 Å². The molecule has 6 heteroatoms. The minimum absolute atomic E-state index is 0.105. The van der Waals surface area contributed by atoms with Gasteiger partial charge in [0, 0.05) is 25.6 Å². The molecular formula is C13H26N4O2. The maximum absolute atomic E-state index is 11.8. The molecule has 0 aromatic carbocycles. The molecule has 0 radical (unpaired) electrons. The van der Waals surface area contributed by atoms with Crippen LogP contribution in [0.3, 0.4) is 0 Å². The van der Waals surface area contributed by atoms with Crippen LogP contribution >= 0.6 is 0 Å². The molecule has 0 aliphatic carbocycles. The monoisotopic (exact) mass is 270 g/mol. The maximum atomic E-state index is 11.8. The van der Waals surface area contributed by atoms with Gasteiger partial charge in [-0.15, -0.1) is 0 Å². The first kappa shape index (κ1) is 15.9. The van der Waals surface area contributed by atoms with Gasteiger partial charge < -0.3 is 16.8 Å². The van der Waals surface area contributed by atoms with E-state index in [1.54, 1.807) is 0 Å². The molecule has 1 atom stereocenters. The van der Waals surface area contributed by atoms with E-state index in [0.29, 0.717) is 25.4 Å². The number of likely N-dealkylation sites (tertiary alicyclic amines) is 1. The van der Waals surface area contributed by atoms with Crippen molar-refractivity contribution in [2.24, 2.45) is 17.4 Å². The molecule has 1 rings (SSSR count). The van der Waals surface area contributed by atoms with Crippen LogP contribution in [0.4, 0.5) is 0 Å². The molecule has 1 saturated heterocycles.